The number of methoxy groups -OCH3 is 2. The highest BCUT2D eigenvalue weighted by molar-refractivity contribution is 5.97. The van der Waals surface area contributed by atoms with Crippen molar-refractivity contribution in [2.24, 2.45) is 0 Å². The van der Waals surface area contributed by atoms with Gasteiger partial charge in [-0.15, -0.1) is 0 Å². The van der Waals surface area contributed by atoms with Crippen LogP contribution in [0.3, 0.4) is 0 Å². The first-order chi connectivity index (χ1) is 19.3. The van der Waals surface area contributed by atoms with E-state index in [9.17, 15) is 10.1 Å². The van der Waals surface area contributed by atoms with Crippen molar-refractivity contribution in [2.45, 2.75) is 25.5 Å². The summed E-state index contributed by atoms with van der Waals surface area (Å²) in [5.41, 5.74) is 5.10. The number of anilines is 3. The first-order valence-electron chi connectivity index (χ1n) is 13.3. The molecule has 2 aromatic carbocycles. The Morgan fingerprint density at radius 3 is 2.67 bits per heavy atom. The average Bonchev–Trinajstić information content (AvgIpc) is 3.29. The van der Waals surface area contributed by atoms with E-state index in [1.807, 2.05) is 49.1 Å². The Kier molecular flexibility index (Phi) is 7.85. The summed E-state index contributed by atoms with van der Waals surface area (Å²) in [6, 6.07) is 13.4. The number of nitrogens with zero attached hydrogens (tertiary/aromatic N) is 6. The molecule has 1 aliphatic rings. The number of likely N-dealkylation sites (N-methyl/N-ethyl adjacent to an activating group) is 2. The van der Waals surface area contributed by atoms with E-state index in [1.165, 1.54) is 11.8 Å². The second-order valence-electron chi connectivity index (χ2n) is 10.3. The standard InChI is InChI=1S/C29H35N7O4/c1-33(2)14-15-34(3)25-17-27(40-5)22(16-26(25)36(37)38)32-29-30-13-12-21(31-29)28-20-8-6-7-9-23(20)35-18-19(39-4)10-11-24(28)35/h6-9,12-13,16-17,19H,10-11,14-15,18H2,1-5H3,(H,30,31,32). The molecular formula is C29H35N7O4. The van der Waals surface area contributed by atoms with E-state index in [2.05, 4.69) is 27.0 Å². The van der Waals surface area contributed by atoms with Crippen molar-refractivity contribution in [3.05, 3.63) is 64.5 Å². The van der Waals surface area contributed by atoms with Gasteiger partial charge in [-0.1, -0.05) is 18.2 Å². The van der Waals surface area contributed by atoms with Gasteiger partial charge < -0.3 is 29.2 Å². The lowest BCUT2D eigenvalue weighted by molar-refractivity contribution is -0.384. The Balaban J connectivity index is 1.52. The van der Waals surface area contributed by atoms with Gasteiger partial charge >= 0.3 is 0 Å². The van der Waals surface area contributed by atoms with Gasteiger partial charge in [-0.3, -0.25) is 10.1 Å². The molecule has 210 valence electrons. The highest BCUT2D eigenvalue weighted by Gasteiger charge is 2.27. The molecule has 0 fully saturated rings. The van der Waals surface area contributed by atoms with Crippen LogP contribution in [0.25, 0.3) is 22.2 Å². The van der Waals surface area contributed by atoms with Crippen LogP contribution < -0.4 is 15.0 Å². The number of ether oxygens (including phenoxy) is 2. The molecule has 3 heterocycles. The smallest absolute Gasteiger partial charge is 0.294 e. The van der Waals surface area contributed by atoms with Crippen molar-refractivity contribution in [1.29, 1.82) is 0 Å². The predicted molar refractivity (Wildman–Crippen MR) is 157 cm³/mol. The molecule has 11 heteroatoms. The third-order valence-corrected chi connectivity index (χ3v) is 7.45. The Labute approximate surface area is 233 Å². The van der Waals surface area contributed by atoms with Crippen molar-refractivity contribution < 1.29 is 14.4 Å². The van der Waals surface area contributed by atoms with Crippen LogP contribution in [0.1, 0.15) is 12.1 Å². The summed E-state index contributed by atoms with van der Waals surface area (Å²) in [5, 5.41) is 16.3. The first kappa shape index (κ1) is 27.4. The summed E-state index contributed by atoms with van der Waals surface area (Å²) in [6.45, 7) is 2.16. The summed E-state index contributed by atoms with van der Waals surface area (Å²) < 4.78 is 13.6. The number of hydrogen-bond acceptors (Lipinski definition) is 9. The van der Waals surface area contributed by atoms with Crippen molar-refractivity contribution in [3.63, 3.8) is 0 Å². The number of nitrogens with one attached hydrogen (secondary N) is 1. The molecule has 1 aliphatic heterocycles. The molecule has 1 N–H and O–H groups in total. The quantitative estimate of drug-likeness (QED) is 0.224. The average molecular weight is 546 g/mol. The van der Waals surface area contributed by atoms with Gasteiger partial charge in [-0.2, -0.15) is 0 Å². The molecule has 0 saturated carbocycles. The molecule has 2 aromatic heterocycles. The number of aromatic nitrogens is 3. The van der Waals surface area contributed by atoms with E-state index in [1.54, 1.807) is 26.5 Å². The van der Waals surface area contributed by atoms with Crippen LogP contribution in [-0.4, -0.2) is 78.9 Å². The fourth-order valence-electron chi connectivity index (χ4n) is 5.32. The molecule has 1 atom stereocenters. The zero-order chi connectivity index (χ0) is 28.4. The van der Waals surface area contributed by atoms with Gasteiger partial charge in [-0.05, 0) is 39.1 Å². The minimum absolute atomic E-state index is 0.0269. The van der Waals surface area contributed by atoms with E-state index in [-0.39, 0.29) is 16.7 Å². The van der Waals surface area contributed by atoms with Gasteiger partial charge in [0.1, 0.15) is 11.4 Å². The van der Waals surface area contributed by atoms with Gasteiger partial charge in [-0.25, -0.2) is 9.97 Å². The van der Waals surface area contributed by atoms with E-state index in [0.29, 0.717) is 29.6 Å². The number of para-hydroxylation sites is 1. The molecule has 0 saturated heterocycles. The molecule has 1 unspecified atom stereocenters. The molecule has 5 rings (SSSR count). The maximum Gasteiger partial charge on any atom is 0.294 e. The Bertz CT molecular complexity index is 1530. The van der Waals surface area contributed by atoms with Gasteiger partial charge in [0.05, 0.1) is 29.5 Å². The Hall–Kier alpha value is -4.22. The first-order valence-corrected chi connectivity index (χ1v) is 13.3. The lowest BCUT2D eigenvalue weighted by atomic mass is 10.0. The maximum atomic E-state index is 12.0. The second kappa shape index (κ2) is 11.5. The molecule has 0 amide bonds. The molecule has 4 aromatic rings. The van der Waals surface area contributed by atoms with E-state index in [4.69, 9.17) is 14.5 Å². The van der Waals surface area contributed by atoms with Crippen LogP contribution in [0.15, 0.2) is 48.7 Å². The SMILES string of the molecule is COc1cc(N(C)CCN(C)C)c([N+](=O)[O-])cc1Nc1nccc(-c2c3n(c4ccccc24)CC(OC)CC3)n1. The molecule has 0 radical (unpaired) electrons. The summed E-state index contributed by atoms with van der Waals surface area (Å²) in [7, 11) is 9.07. The largest absolute Gasteiger partial charge is 0.494 e. The van der Waals surface area contributed by atoms with Crippen molar-refractivity contribution >= 4 is 33.9 Å². The summed E-state index contributed by atoms with van der Waals surface area (Å²) in [5.74, 6) is 0.789. The predicted octanol–water partition coefficient (Wildman–Crippen LogP) is 4.72. The number of fused-ring (bicyclic) bond motifs is 3. The highest BCUT2D eigenvalue weighted by Crippen LogP contribution is 2.40. The van der Waals surface area contributed by atoms with Crippen molar-refractivity contribution in [2.75, 3.05) is 58.7 Å². The van der Waals surface area contributed by atoms with E-state index >= 15 is 0 Å². The highest BCUT2D eigenvalue weighted by atomic mass is 16.6. The van der Waals surface area contributed by atoms with Crippen LogP contribution in [0.2, 0.25) is 0 Å². The summed E-state index contributed by atoms with van der Waals surface area (Å²) in [4.78, 5) is 24.8. The van der Waals surface area contributed by atoms with Crippen molar-refractivity contribution in [3.8, 4) is 17.0 Å². The van der Waals surface area contributed by atoms with Crippen LogP contribution in [0.5, 0.6) is 5.75 Å². The molecule has 0 spiro atoms. The monoisotopic (exact) mass is 545 g/mol. The number of nitro groups is 1. The van der Waals surface area contributed by atoms with Crippen LogP contribution >= 0.6 is 0 Å². The minimum Gasteiger partial charge on any atom is -0.494 e. The Morgan fingerprint density at radius 2 is 1.95 bits per heavy atom. The lowest BCUT2D eigenvalue weighted by Gasteiger charge is -2.25. The summed E-state index contributed by atoms with van der Waals surface area (Å²) in [6.07, 6.45) is 3.69. The summed E-state index contributed by atoms with van der Waals surface area (Å²) >= 11 is 0. The van der Waals surface area contributed by atoms with Gasteiger partial charge in [0.15, 0.2) is 0 Å². The normalized spacial score (nSPS) is 14.8. The minimum atomic E-state index is -0.379. The fourth-order valence-corrected chi connectivity index (χ4v) is 5.32. The van der Waals surface area contributed by atoms with E-state index in [0.717, 1.165) is 48.1 Å². The van der Waals surface area contributed by atoms with Crippen LogP contribution in [-0.2, 0) is 17.7 Å². The van der Waals surface area contributed by atoms with Gasteiger partial charge in [0.25, 0.3) is 5.69 Å². The molecule has 11 nitrogen and oxygen atoms in total. The molecule has 0 aliphatic carbocycles. The molecule has 40 heavy (non-hydrogen) atoms. The zero-order valence-corrected chi connectivity index (χ0v) is 23.5. The number of hydrogen-bond donors (Lipinski definition) is 1. The second-order valence-corrected chi connectivity index (χ2v) is 10.3. The van der Waals surface area contributed by atoms with Gasteiger partial charge in [0.2, 0.25) is 5.95 Å². The van der Waals surface area contributed by atoms with E-state index < -0.39 is 0 Å². The van der Waals surface area contributed by atoms with Crippen molar-refractivity contribution in [1.82, 2.24) is 19.4 Å². The van der Waals surface area contributed by atoms with Gasteiger partial charge in [0, 0.05) is 74.3 Å². The molecular weight excluding hydrogens is 510 g/mol. The number of benzene rings is 2. The lowest BCUT2D eigenvalue weighted by Crippen LogP contribution is -2.28. The zero-order valence-electron chi connectivity index (χ0n) is 23.5. The molecule has 0 bridgehead atoms. The third kappa shape index (κ3) is 5.30. The number of rotatable bonds is 10. The fraction of sp³-hybridized carbons (Fsp3) is 0.379. The number of nitro benzene ring substituents is 1. The maximum absolute atomic E-state index is 12.0. The van der Waals surface area contributed by atoms with Crippen LogP contribution in [0, 0.1) is 10.1 Å². The third-order valence-electron chi connectivity index (χ3n) is 7.45. The topological polar surface area (TPSA) is 111 Å². The van der Waals surface area contributed by atoms with Crippen LogP contribution in [0.4, 0.5) is 23.0 Å². The Morgan fingerprint density at radius 1 is 1.15 bits per heavy atom.